The minimum absolute atomic E-state index is 0.0357. The van der Waals surface area contributed by atoms with E-state index in [0.29, 0.717) is 0 Å². The predicted octanol–water partition coefficient (Wildman–Crippen LogP) is 4.35. The van der Waals surface area contributed by atoms with Crippen LogP contribution in [0.2, 0.25) is 0 Å². The molecule has 2 aromatic carbocycles. The van der Waals surface area contributed by atoms with Gasteiger partial charge in [0.25, 0.3) is 0 Å². The van der Waals surface area contributed by atoms with Gasteiger partial charge in [0, 0.05) is 18.0 Å². The van der Waals surface area contributed by atoms with Crippen LogP contribution >= 0.6 is 0 Å². The molecule has 26 heavy (non-hydrogen) atoms. The van der Waals surface area contributed by atoms with E-state index in [1.165, 1.54) is 0 Å². The van der Waals surface area contributed by atoms with Crippen LogP contribution in [0, 0.1) is 5.92 Å². The van der Waals surface area contributed by atoms with Crippen molar-refractivity contribution in [3.8, 4) is 0 Å². The number of nitrogens with one attached hydrogen (secondary N) is 1. The minimum atomic E-state index is -0.563. The first-order valence-electron chi connectivity index (χ1n) is 8.99. The van der Waals surface area contributed by atoms with Gasteiger partial charge >= 0.3 is 6.09 Å². The number of amides is 1. The van der Waals surface area contributed by atoms with E-state index in [0.717, 1.165) is 23.1 Å². The Morgan fingerprint density at radius 1 is 1.08 bits per heavy atom. The molecule has 0 bridgehead atoms. The lowest BCUT2D eigenvalue weighted by Crippen LogP contribution is -2.41. The van der Waals surface area contributed by atoms with Gasteiger partial charge in [0.15, 0.2) is 5.78 Å². The highest BCUT2D eigenvalue weighted by Gasteiger charge is 2.36. The molecule has 136 valence electrons. The smallest absolute Gasteiger partial charge is 0.407 e. The summed E-state index contributed by atoms with van der Waals surface area (Å²) in [5, 5.41) is 2.79. The van der Waals surface area contributed by atoms with Crippen molar-refractivity contribution in [3.63, 3.8) is 0 Å². The minimum Gasteiger partial charge on any atom is -0.444 e. The maximum Gasteiger partial charge on any atom is 0.407 e. The Bertz CT molecular complexity index is 793. The number of ether oxygens (including phenoxy) is 1. The maximum absolute atomic E-state index is 13.1. The Hall–Kier alpha value is -2.62. The molecule has 2 aromatic rings. The van der Waals surface area contributed by atoms with Gasteiger partial charge in [-0.05, 0) is 44.2 Å². The molecule has 1 N–H and O–H groups in total. The highest BCUT2D eigenvalue weighted by Crippen LogP contribution is 2.36. The summed E-state index contributed by atoms with van der Waals surface area (Å²) in [6.07, 6.45) is 0.294. The zero-order valence-corrected chi connectivity index (χ0v) is 15.5. The molecule has 0 saturated carbocycles. The van der Waals surface area contributed by atoms with Crippen molar-refractivity contribution in [2.45, 2.75) is 38.7 Å². The molecule has 0 aliphatic heterocycles. The fraction of sp³-hybridized carbons (Fsp3) is 0.364. The van der Waals surface area contributed by atoms with Gasteiger partial charge < -0.3 is 10.1 Å². The lowest BCUT2D eigenvalue weighted by atomic mass is 9.72. The van der Waals surface area contributed by atoms with E-state index < -0.39 is 11.7 Å². The molecular formula is C22H25NO3. The van der Waals surface area contributed by atoms with Gasteiger partial charge in [-0.15, -0.1) is 0 Å². The zero-order chi connectivity index (χ0) is 18.7. The second-order valence-corrected chi connectivity index (χ2v) is 7.73. The van der Waals surface area contributed by atoms with Gasteiger partial charge in [-0.2, -0.15) is 0 Å². The molecule has 0 saturated heterocycles. The topological polar surface area (TPSA) is 55.4 Å². The van der Waals surface area contributed by atoms with Gasteiger partial charge in [0.1, 0.15) is 5.60 Å². The van der Waals surface area contributed by atoms with Gasteiger partial charge in [0.2, 0.25) is 0 Å². The summed E-state index contributed by atoms with van der Waals surface area (Å²) in [6, 6.07) is 17.8. The number of alkyl carbamates (subject to hydrolysis) is 1. The van der Waals surface area contributed by atoms with Crippen molar-refractivity contribution >= 4 is 11.9 Å². The molecule has 2 atom stereocenters. The molecule has 0 spiro atoms. The number of carbonyl (C=O) groups is 2. The van der Waals surface area contributed by atoms with Crippen LogP contribution in [0.25, 0.3) is 0 Å². The third-order valence-electron chi connectivity index (χ3n) is 4.64. The first-order chi connectivity index (χ1) is 12.3. The van der Waals surface area contributed by atoms with Crippen LogP contribution in [-0.2, 0) is 11.2 Å². The fourth-order valence-corrected chi connectivity index (χ4v) is 3.49. The summed E-state index contributed by atoms with van der Waals surface area (Å²) < 4.78 is 5.31. The highest BCUT2D eigenvalue weighted by molar-refractivity contribution is 6.01. The van der Waals surface area contributed by atoms with E-state index in [2.05, 4.69) is 5.32 Å². The van der Waals surface area contributed by atoms with Crippen molar-refractivity contribution in [2.24, 2.45) is 5.92 Å². The Kier molecular flexibility index (Phi) is 5.12. The van der Waals surface area contributed by atoms with Crippen molar-refractivity contribution in [3.05, 3.63) is 71.3 Å². The average Bonchev–Trinajstić information content (AvgIpc) is 2.60. The van der Waals surface area contributed by atoms with E-state index in [4.69, 9.17) is 4.74 Å². The number of fused-ring (bicyclic) bond motifs is 1. The highest BCUT2D eigenvalue weighted by atomic mass is 16.6. The lowest BCUT2D eigenvalue weighted by Gasteiger charge is -2.32. The summed E-state index contributed by atoms with van der Waals surface area (Å²) in [5.74, 6) is -0.190. The third-order valence-corrected chi connectivity index (χ3v) is 4.64. The fourth-order valence-electron chi connectivity index (χ4n) is 3.49. The second-order valence-electron chi connectivity index (χ2n) is 7.73. The summed E-state index contributed by atoms with van der Waals surface area (Å²) >= 11 is 0. The molecule has 1 aliphatic carbocycles. The summed E-state index contributed by atoms with van der Waals surface area (Å²) in [6.45, 7) is 5.73. The van der Waals surface area contributed by atoms with Crippen LogP contribution in [0.4, 0.5) is 4.79 Å². The molecule has 2 unspecified atom stereocenters. The van der Waals surface area contributed by atoms with Crippen molar-refractivity contribution in [1.82, 2.24) is 5.32 Å². The van der Waals surface area contributed by atoms with Crippen LogP contribution < -0.4 is 5.32 Å². The molecule has 4 heteroatoms. The van der Waals surface area contributed by atoms with Crippen LogP contribution in [0.1, 0.15) is 48.2 Å². The Labute approximate surface area is 154 Å². The number of carbonyl (C=O) groups excluding carboxylic acids is 2. The summed E-state index contributed by atoms with van der Waals surface area (Å²) in [5.41, 5.74) is 2.38. The standard InChI is InChI=1S/C22H25NO3/c1-22(2,3)26-21(25)23-14-19-18(15-9-5-4-6-10-15)13-16-11-7-8-12-17(16)20(19)24/h4-12,18-19H,13-14H2,1-3H3,(H,23,25). The molecule has 0 radical (unpaired) electrons. The first-order valence-corrected chi connectivity index (χ1v) is 8.99. The largest absolute Gasteiger partial charge is 0.444 e. The molecule has 4 nitrogen and oxygen atoms in total. The van der Waals surface area contributed by atoms with Gasteiger partial charge in [-0.1, -0.05) is 54.6 Å². The number of Topliss-reactive ketones (excluding diaryl/α,β-unsaturated/α-hetero) is 1. The molecular weight excluding hydrogens is 326 g/mol. The van der Waals surface area contributed by atoms with Crippen LogP contribution in [-0.4, -0.2) is 24.0 Å². The second kappa shape index (κ2) is 7.32. The van der Waals surface area contributed by atoms with E-state index in [1.54, 1.807) is 0 Å². The monoisotopic (exact) mass is 351 g/mol. The van der Waals surface area contributed by atoms with Gasteiger partial charge in [-0.3, -0.25) is 4.79 Å². The number of hydrogen-bond acceptors (Lipinski definition) is 3. The quantitative estimate of drug-likeness (QED) is 0.894. The molecule has 1 amide bonds. The molecule has 0 heterocycles. The molecule has 1 aliphatic rings. The van der Waals surface area contributed by atoms with Crippen LogP contribution in [0.15, 0.2) is 54.6 Å². The first kappa shape index (κ1) is 18.2. The van der Waals surface area contributed by atoms with Crippen molar-refractivity contribution in [2.75, 3.05) is 6.54 Å². The van der Waals surface area contributed by atoms with Crippen LogP contribution in [0.5, 0.6) is 0 Å². The third kappa shape index (κ3) is 4.13. The van der Waals surface area contributed by atoms with E-state index in [9.17, 15) is 9.59 Å². The summed E-state index contributed by atoms with van der Waals surface area (Å²) in [4.78, 5) is 25.2. The normalized spacial score (nSPS) is 19.6. The zero-order valence-electron chi connectivity index (χ0n) is 15.5. The van der Waals surface area contributed by atoms with Gasteiger partial charge in [0.05, 0.1) is 0 Å². The predicted molar refractivity (Wildman–Crippen MR) is 101 cm³/mol. The van der Waals surface area contributed by atoms with E-state index in [-0.39, 0.29) is 24.2 Å². The number of rotatable bonds is 3. The summed E-state index contributed by atoms with van der Waals surface area (Å²) in [7, 11) is 0. The van der Waals surface area contributed by atoms with Crippen LogP contribution in [0.3, 0.4) is 0 Å². The maximum atomic E-state index is 13.1. The number of hydrogen-bond donors (Lipinski definition) is 1. The molecule has 0 aromatic heterocycles. The number of ketones is 1. The Morgan fingerprint density at radius 3 is 2.42 bits per heavy atom. The number of benzene rings is 2. The Balaban J connectivity index is 1.84. The average molecular weight is 351 g/mol. The lowest BCUT2D eigenvalue weighted by molar-refractivity contribution is 0.0514. The van der Waals surface area contributed by atoms with Gasteiger partial charge in [-0.25, -0.2) is 4.79 Å². The van der Waals surface area contributed by atoms with E-state index in [1.807, 2.05) is 75.4 Å². The Morgan fingerprint density at radius 2 is 1.73 bits per heavy atom. The SMILES string of the molecule is CC(C)(C)OC(=O)NCC1C(=O)c2ccccc2CC1c1ccccc1. The van der Waals surface area contributed by atoms with Crippen molar-refractivity contribution in [1.29, 1.82) is 0 Å². The van der Waals surface area contributed by atoms with E-state index >= 15 is 0 Å². The van der Waals surface area contributed by atoms with Crippen molar-refractivity contribution < 1.29 is 14.3 Å². The molecule has 3 rings (SSSR count). The molecule has 0 fully saturated rings.